The maximum Gasteiger partial charge on any atom is 0.287 e. The normalized spacial score (nSPS) is 27.5. The van der Waals surface area contributed by atoms with Gasteiger partial charge in [0.1, 0.15) is 18.3 Å². The van der Waals surface area contributed by atoms with E-state index in [9.17, 15) is 20.1 Å². The Kier molecular flexibility index (Phi) is 3.25. The van der Waals surface area contributed by atoms with Gasteiger partial charge < -0.3 is 20.1 Å². The fourth-order valence-electron chi connectivity index (χ4n) is 3.21. The van der Waals surface area contributed by atoms with Crippen LogP contribution >= 0.6 is 0 Å². The molecular weight excluding hydrogens is 318 g/mol. The molecule has 3 N–H and O–H groups in total. The molecule has 24 heavy (non-hydrogen) atoms. The van der Waals surface area contributed by atoms with Gasteiger partial charge in [-0.1, -0.05) is 0 Å². The number of aryl methyl sites for hydroxylation is 2. The monoisotopic (exact) mass is 335 g/mol. The van der Waals surface area contributed by atoms with E-state index in [0.29, 0.717) is 17.1 Å². The molecule has 4 heterocycles. The number of ether oxygens (including phenoxy) is 1. The minimum Gasteiger partial charge on any atom is -0.394 e. The van der Waals surface area contributed by atoms with Gasteiger partial charge in [-0.25, -0.2) is 14.4 Å². The van der Waals surface area contributed by atoms with E-state index in [0.717, 1.165) is 0 Å². The lowest BCUT2D eigenvalue weighted by atomic mass is 10.1. The highest BCUT2D eigenvalue weighted by Gasteiger charge is 2.44. The molecule has 1 fully saturated rings. The molecule has 4 atom stereocenters. The Bertz CT molecular complexity index is 989. The topological polar surface area (TPSA) is 127 Å². The molecule has 0 bridgehead atoms. The summed E-state index contributed by atoms with van der Waals surface area (Å²) >= 11 is 0. The third-order valence-electron chi connectivity index (χ3n) is 4.41. The van der Waals surface area contributed by atoms with E-state index in [1.165, 1.54) is 15.3 Å². The number of hydrogen-bond acceptors (Lipinski definition) is 7. The minimum absolute atomic E-state index is 0.195. The van der Waals surface area contributed by atoms with Crippen LogP contribution in [0.1, 0.15) is 11.9 Å². The van der Waals surface area contributed by atoms with Crippen LogP contribution in [0.5, 0.6) is 0 Å². The summed E-state index contributed by atoms with van der Waals surface area (Å²) in [6.07, 6.45) is -1.36. The van der Waals surface area contributed by atoms with Crippen molar-refractivity contribution >= 4 is 16.9 Å². The van der Waals surface area contributed by atoms with Crippen molar-refractivity contribution in [1.29, 1.82) is 0 Å². The largest absolute Gasteiger partial charge is 0.394 e. The Morgan fingerprint density at radius 2 is 2.08 bits per heavy atom. The SMILES string of the molecule is Cc1cn2c(=O)c3ncn([C@@H]4O[C@@H](CO)[C@@H](O)[C@H]4O)c3n(C)c2n1. The van der Waals surface area contributed by atoms with Crippen LogP contribution in [0.25, 0.3) is 16.9 Å². The molecule has 1 saturated heterocycles. The summed E-state index contributed by atoms with van der Waals surface area (Å²) in [4.78, 5) is 21.1. The third-order valence-corrected chi connectivity index (χ3v) is 4.41. The quantitative estimate of drug-likeness (QED) is 0.509. The lowest BCUT2D eigenvalue weighted by molar-refractivity contribution is -0.0512. The summed E-state index contributed by atoms with van der Waals surface area (Å²) in [7, 11) is 1.73. The smallest absolute Gasteiger partial charge is 0.287 e. The van der Waals surface area contributed by atoms with Crippen LogP contribution in [0.2, 0.25) is 0 Å². The van der Waals surface area contributed by atoms with Crippen molar-refractivity contribution in [3.63, 3.8) is 0 Å². The minimum atomic E-state index is -1.26. The molecule has 0 radical (unpaired) electrons. The van der Waals surface area contributed by atoms with Crippen LogP contribution in [-0.2, 0) is 11.8 Å². The van der Waals surface area contributed by atoms with E-state index < -0.39 is 31.1 Å². The Labute approximate surface area is 135 Å². The van der Waals surface area contributed by atoms with Crippen LogP contribution < -0.4 is 5.56 Å². The van der Waals surface area contributed by atoms with Gasteiger partial charge in [-0.2, -0.15) is 0 Å². The highest BCUT2D eigenvalue weighted by Crippen LogP contribution is 2.31. The zero-order chi connectivity index (χ0) is 17.2. The van der Waals surface area contributed by atoms with Crippen molar-refractivity contribution < 1.29 is 20.1 Å². The number of imidazole rings is 2. The molecule has 3 aromatic rings. The second kappa shape index (κ2) is 5.11. The second-order valence-electron chi connectivity index (χ2n) is 5.97. The molecular formula is C14H17N5O5. The van der Waals surface area contributed by atoms with Gasteiger partial charge >= 0.3 is 0 Å². The maximum absolute atomic E-state index is 12.6. The van der Waals surface area contributed by atoms with Gasteiger partial charge in [-0.15, -0.1) is 0 Å². The molecule has 0 aliphatic carbocycles. The van der Waals surface area contributed by atoms with Gasteiger partial charge in [-0.05, 0) is 6.92 Å². The first-order valence-corrected chi connectivity index (χ1v) is 7.47. The van der Waals surface area contributed by atoms with Gasteiger partial charge in [0.15, 0.2) is 17.4 Å². The van der Waals surface area contributed by atoms with Gasteiger partial charge in [0, 0.05) is 13.2 Å². The van der Waals surface area contributed by atoms with E-state index in [1.54, 1.807) is 24.7 Å². The van der Waals surface area contributed by atoms with Gasteiger partial charge in [0.05, 0.1) is 18.6 Å². The molecule has 0 amide bonds. The van der Waals surface area contributed by atoms with Crippen molar-refractivity contribution in [3.8, 4) is 0 Å². The molecule has 10 heteroatoms. The van der Waals surface area contributed by atoms with Gasteiger partial charge in [0.25, 0.3) is 5.56 Å². The van der Waals surface area contributed by atoms with E-state index in [-0.39, 0.29) is 11.1 Å². The van der Waals surface area contributed by atoms with Crippen LogP contribution in [0.4, 0.5) is 0 Å². The average molecular weight is 335 g/mol. The highest BCUT2D eigenvalue weighted by molar-refractivity contribution is 5.73. The zero-order valence-corrected chi connectivity index (χ0v) is 13.1. The summed E-state index contributed by atoms with van der Waals surface area (Å²) in [5, 5.41) is 29.4. The first-order chi connectivity index (χ1) is 11.4. The number of fused-ring (bicyclic) bond motifs is 2. The third kappa shape index (κ3) is 1.88. The number of rotatable bonds is 2. The molecule has 4 rings (SSSR count). The molecule has 128 valence electrons. The molecule has 0 aromatic carbocycles. The fourth-order valence-corrected chi connectivity index (χ4v) is 3.21. The van der Waals surface area contributed by atoms with Crippen LogP contribution in [0.15, 0.2) is 17.3 Å². The number of aliphatic hydroxyl groups is 3. The molecule has 0 unspecified atom stereocenters. The predicted octanol–water partition coefficient (Wildman–Crippen LogP) is -1.70. The molecule has 1 aliphatic heterocycles. The Hall–Kier alpha value is -2.27. The lowest BCUT2D eigenvalue weighted by Crippen LogP contribution is -2.33. The van der Waals surface area contributed by atoms with Gasteiger partial charge in [0.2, 0.25) is 5.78 Å². The standard InChI is InChI=1S/C14H17N5O5/c1-6-3-18-12(23)8-11(17(2)14(18)16-6)19(5-15-8)13-10(22)9(21)7(4-20)24-13/h3,5,7,9-10,13,20-22H,4H2,1-2H3/t7-,9+,10+,13+/m0/s1. The van der Waals surface area contributed by atoms with Gasteiger partial charge in [-0.3, -0.25) is 13.9 Å². The van der Waals surface area contributed by atoms with Crippen LogP contribution in [-0.4, -0.2) is 63.7 Å². The number of aliphatic hydroxyl groups excluding tert-OH is 3. The van der Waals surface area contributed by atoms with Crippen molar-refractivity contribution in [1.82, 2.24) is 23.5 Å². The number of nitrogens with zero attached hydrogens (tertiary/aromatic N) is 5. The Morgan fingerprint density at radius 3 is 2.75 bits per heavy atom. The van der Waals surface area contributed by atoms with Crippen molar-refractivity contribution in [2.24, 2.45) is 7.05 Å². The highest BCUT2D eigenvalue weighted by atomic mass is 16.6. The van der Waals surface area contributed by atoms with E-state index in [4.69, 9.17) is 4.74 Å². The second-order valence-corrected chi connectivity index (χ2v) is 5.97. The van der Waals surface area contributed by atoms with E-state index in [2.05, 4.69) is 9.97 Å². The number of aromatic nitrogens is 5. The first-order valence-electron chi connectivity index (χ1n) is 7.47. The molecule has 0 spiro atoms. The molecule has 3 aromatic heterocycles. The summed E-state index contributed by atoms with van der Waals surface area (Å²) in [5.74, 6) is 0.429. The van der Waals surface area contributed by atoms with E-state index in [1.807, 2.05) is 0 Å². The fraction of sp³-hybridized carbons (Fsp3) is 0.500. The van der Waals surface area contributed by atoms with Crippen molar-refractivity contribution in [2.45, 2.75) is 31.5 Å². The summed E-state index contributed by atoms with van der Waals surface area (Å²) in [5.41, 5.74) is 0.965. The molecule has 0 saturated carbocycles. The van der Waals surface area contributed by atoms with E-state index >= 15 is 0 Å². The predicted molar refractivity (Wildman–Crippen MR) is 81.5 cm³/mol. The Balaban J connectivity index is 1.97. The molecule has 1 aliphatic rings. The molecule has 10 nitrogen and oxygen atoms in total. The van der Waals surface area contributed by atoms with Crippen molar-refractivity contribution in [3.05, 3.63) is 28.6 Å². The first kappa shape index (κ1) is 15.3. The summed E-state index contributed by atoms with van der Waals surface area (Å²) < 4.78 is 10.1. The average Bonchev–Trinajstić information content (AvgIpc) is 3.23. The van der Waals surface area contributed by atoms with Crippen LogP contribution in [0, 0.1) is 6.92 Å². The lowest BCUT2D eigenvalue weighted by Gasteiger charge is -2.18. The maximum atomic E-state index is 12.6. The zero-order valence-electron chi connectivity index (χ0n) is 13.1. The number of hydrogen-bond donors (Lipinski definition) is 3. The Morgan fingerprint density at radius 1 is 1.33 bits per heavy atom. The summed E-state index contributed by atoms with van der Waals surface area (Å²) in [6, 6.07) is 0. The van der Waals surface area contributed by atoms with Crippen LogP contribution in [0.3, 0.4) is 0 Å². The summed E-state index contributed by atoms with van der Waals surface area (Å²) in [6.45, 7) is 1.36. The van der Waals surface area contributed by atoms with Crippen molar-refractivity contribution in [2.75, 3.05) is 6.61 Å².